The van der Waals surface area contributed by atoms with Crippen molar-refractivity contribution in [3.63, 3.8) is 0 Å². The number of esters is 1. The average molecular weight is 632 g/mol. The van der Waals surface area contributed by atoms with Crippen LogP contribution in [0.15, 0.2) is 61.9 Å². The van der Waals surface area contributed by atoms with Crippen molar-refractivity contribution in [2.75, 3.05) is 20.8 Å². The molecule has 200 valence electrons. The van der Waals surface area contributed by atoms with E-state index in [9.17, 15) is 22.8 Å². The van der Waals surface area contributed by atoms with Crippen molar-refractivity contribution < 1.29 is 32.2 Å². The lowest BCUT2D eigenvalue weighted by Crippen LogP contribution is -2.41. The Hall–Kier alpha value is -3.09. The summed E-state index contributed by atoms with van der Waals surface area (Å²) in [6, 6.07) is 7.69. The number of carbonyl (C=O) groups is 1. The fraction of sp³-hybridized carbons (Fsp3) is 0.240. The van der Waals surface area contributed by atoms with Crippen LogP contribution in [-0.4, -0.2) is 37.5 Å². The van der Waals surface area contributed by atoms with Crippen LogP contribution in [0.25, 0.3) is 6.08 Å². The van der Waals surface area contributed by atoms with Gasteiger partial charge in [-0.15, -0.1) is 0 Å². The summed E-state index contributed by atoms with van der Waals surface area (Å²) in [4.78, 5) is 30.1. The summed E-state index contributed by atoms with van der Waals surface area (Å²) in [5, 5.41) is 0.328. The predicted octanol–water partition coefficient (Wildman–Crippen LogP) is 4.77. The van der Waals surface area contributed by atoms with E-state index in [1.54, 1.807) is 12.1 Å². The van der Waals surface area contributed by atoms with Crippen LogP contribution < -0.4 is 24.4 Å². The zero-order valence-corrected chi connectivity index (χ0v) is 23.2. The number of ether oxygens (including phenoxy) is 3. The van der Waals surface area contributed by atoms with Gasteiger partial charge in [0, 0.05) is 15.1 Å². The summed E-state index contributed by atoms with van der Waals surface area (Å²) in [7, 11) is 2.87. The molecule has 7 nitrogen and oxygen atoms in total. The molecule has 0 saturated carbocycles. The van der Waals surface area contributed by atoms with Crippen molar-refractivity contribution in [2.24, 2.45) is 4.99 Å². The number of fused-ring (bicyclic) bond motifs is 1. The van der Waals surface area contributed by atoms with Crippen LogP contribution in [0.3, 0.4) is 0 Å². The normalized spacial score (nSPS) is 15.7. The van der Waals surface area contributed by atoms with E-state index in [-0.39, 0.29) is 21.5 Å². The van der Waals surface area contributed by atoms with Crippen molar-refractivity contribution in [3.8, 4) is 11.5 Å². The van der Waals surface area contributed by atoms with Gasteiger partial charge in [-0.1, -0.05) is 51.0 Å². The van der Waals surface area contributed by atoms with Crippen LogP contribution in [0.2, 0.25) is 5.02 Å². The molecule has 0 unspecified atom stereocenters. The molecule has 2 aromatic carbocycles. The topological polar surface area (TPSA) is 79.1 Å². The third-order valence-electron chi connectivity index (χ3n) is 5.54. The molecular weight excluding hydrogens is 613 g/mol. The molecular formula is C25H19BrClF3N2O5S. The lowest BCUT2D eigenvalue weighted by Gasteiger charge is -2.26. The van der Waals surface area contributed by atoms with Crippen molar-refractivity contribution >= 4 is 50.9 Å². The molecule has 0 N–H and O–H groups in total. The van der Waals surface area contributed by atoms with Gasteiger partial charge in [0.2, 0.25) is 0 Å². The van der Waals surface area contributed by atoms with Crippen molar-refractivity contribution in [1.82, 2.24) is 4.57 Å². The van der Waals surface area contributed by atoms with E-state index >= 15 is 0 Å². The fourth-order valence-corrected chi connectivity index (χ4v) is 5.58. The zero-order valence-electron chi connectivity index (χ0n) is 20.1. The number of halogens is 5. The second-order valence-electron chi connectivity index (χ2n) is 7.85. The van der Waals surface area contributed by atoms with Gasteiger partial charge in [-0.3, -0.25) is 9.36 Å². The van der Waals surface area contributed by atoms with Crippen molar-refractivity contribution in [3.05, 3.63) is 88.0 Å². The Balaban J connectivity index is 2.07. The molecule has 1 aliphatic rings. The molecule has 2 heterocycles. The highest BCUT2D eigenvalue weighted by Gasteiger charge is 2.45. The molecule has 0 bridgehead atoms. The largest absolute Gasteiger partial charge is 0.493 e. The Morgan fingerprint density at radius 3 is 2.47 bits per heavy atom. The first-order valence-corrected chi connectivity index (χ1v) is 13.0. The Bertz CT molecular complexity index is 1610. The van der Waals surface area contributed by atoms with Gasteiger partial charge in [-0.2, -0.15) is 13.2 Å². The Morgan fingerprint density at radius 2 is 1.89 bits per heavy atom. The molecule has 4 rings (SSSR count). The highest BCUT2D eigenvalue weighted by molar-refractivity contribution is 9.10. The maximum Gasteiger partial charge on any atom is 0.434 e. The minimum Gasteiger partial charge on any atom is -0.493 e. The number of carbonyl (C=O) groups excluding carboxylic acids is 1. The minimum absolute atomic E-state index is 0.0628. The number of thiazole rings is 1. The van der Waals surface area contributed by atoms with E-state index in [1.807, 2.05) is 0 Å². The second-order valence-corrected chi connectivity index (χ2v) is 10.2. The molecule has 3 aromatic rings. The smallest absolute Gasteiger partial charge is 0.434 e. The highest BCUT2D eigenvalue weighted by Crippen LogP contribution is 2.39. The number of allylic oxidation sites excluding steroid dienone is 1. The Kier molecular flexibility index (Phi) is 8.05. The van der Waals surface area contributed by atoms with E-state index < -0.39 is 35.0 Å². The van der Waals surface area contributed by atoms with Gasteiger partial charge in [-0.05, 0) is 42.8 Å². The number of rotatable bonds is 6. The number of hydrogen-bond acceptors (Lipinski definition) is 7. The van der Waals surface area contributed by atoms with Gasteiger partial charge < -0.3 is 14.2 Å². The molecule has 1 aromatic heterocycles. The highest BCUT2D eigenvalue weighted by atomic mass is 79.9. The quantitative estimate of drug-likeness (QED) is 0.366. The maximum absolute atomic E-state index is 14.2. The number of hydrogen-bond donors (Lipinski definition) is 0. The molecule has 0 saturated heterocycles. The SMILES string of the molecule is CCOC(=O)C1=C(C(F)(F)F)N=c2s/c(=C\c3cc(Br)cc(OC)c3OC)c(=O)n2[C@H]1c1ccc(Cl)cc1. The van der Waals surface area contributed by atoms with Crippen LogP contribution in [0.5, 0.6) is 11.5 Å². The summed E-state index contributed by atoms with van der Waals surface area (Å²) in [6.07, 6.45) is -3.53. The molecule has 0 spiro atoms. The first-order chi connectivity index (χ1) is 18.0. The number of alkyl halides is 3. The first-order valence-electron chi connectivity index (χ1n) is 11.0. The Labute approximate surface area is 231 Å². The van der Waals surface area contributed by atoms with E-state index in [1.165, 1.54) is 51.5 Å². The molecule has 0 aliphatic carbocycles. The van der Waals surface area contributed by atoms with Gasteiger partial charge in [0.15, 0.2) is 22.0 Å². The van der Waals surface area contributed by atoms with Crippen LogP contribution in [0.4, 0.5) is 13.2 Å². The summed E-state index contributed by atoms with van der Waals surface area (Å²) in [5.41, 5.74) is -2.21. The van der Waals surface area contributed by atoms with E-state index in [0.717, 1.165) is 15.9 Å². The van der Waals surface area contributed by atoms with E-state index in [4.69, 9.17) is 25.8 Å². The molecule has 0 radical (unpaired) electrons. The standard InChI is InChI=1S/C25H19BrClF3N2O5S/c1-4-37-23(34)18-19(12-5-7-15(27)8-6-12)32-22(33)17(38-24(32)31-21(18)25(28,29)30)10-13-9-14(26)11-16(35-2)20(13)36-3/h5-11,19H,4H2,1-3H3/b17-10-/t19-/m0/s1. The molecule has 0 fully saturated rings. The average Bonchev–Trinajstić information content (AvgIpc) is 3.17. The third-order valence-corrected chi connectivity index (χ3v) is 7.23. The second kappa shape index (κ2) is 11.0. The van der Waals surface area contributed by atoms with Gasteiger partial charge in [0.1, 0.15) is 0 Å². The van der Waals surface area contributed by atoms with E-state index in [0.29, 0.717) is 26.6 Å². The summed E-state index contributed by atoms with van der Waals surface area (Å²) >= 11 is 10.1. The predicted molar refractivity (Wildman–Crippen MR) is 139 cm³/mol. The maximum atomic E-state index is 14.2. The lowest BCUT2D eigenvalue weighted by molar-refractivity contribution is -0.140. The first kappa shape index (κ1) is 27.9. The van der Waals surface area contributed by atoms with Crippen LogP contribution in [0.1, 0.15) is 24.1 Å². The van der Waals surface area contributed by atoms with Crippen LogP contribution >= 0.6 is 38.9 Å². The van der Waals surface area contributed by atoms with Gasteiger partial charge in [0.25, 0.3) is 5.56 Å². The van der Waals surface area contributed by atoms with E-state index in [2.05, 4.69) is 20.9 Å². The van der Waals surface area contributed by atoms with Gasteiger partial charge in [-0.25, -0.2) is 9.79 Å². The lowest BCUT2D eigenvalue weighted by atomic mass is 9.95. The van der Waals surface area contributed by atoms with Crippen molar-refractivity contribution in [2.45, 2.75) is 19.1 Å². The van der Waals surface area contributed by atoms with Crippen molar-refractivity contribution in [1.29, 1.82) is 0 Å². The van der Waals surface area contributed by atoms with Gasteiger partial charge in [0.05, 0.1) is 37.0 Å². The molecule has 0 amide bonds. The third kappa shape index (κ3) is 5.25. The number of nitrogens with zero attached hydrogens (tertiary/aromatic N) is 2. The van der Waals surface area contributed by atoms with Gasteiger partial charge >= 0.3 is 12.1 Å². The summed E-state index contributed by atoms with van der Waals surface area (Å²) in [5.74, 6) is -0.529. The fourth-order valence-electron chi connectivity index (χ4n) is 4.01. The summed E-state index contributed by atoms with van der Waals surface area (Å²) in [6.45, 7) is 1.30. The number of benzene rings is 2. The molecule has 13 heteroatoms. The minimum atomic E-state index is -5.00. The number of aromatic nitrogens is 1. The monoisotopic (exact) mass is 630 g/mol. The number of methoxy groups -OCH3 is 2. The van der Waals surface area contributed by atoms with Crippen LogP contribution in [-0.2, 0) is 9.53 Å². The molecule has 1 aliphatic heterocycles. The zero-order chi connectivity index (χ0) is 27.8. The summed E-state index contributed by atoms with van der Waals surface area (Å²) < 4.78 is 60.1. The Morgan fingerprint density at radius 1 is 1.21 bits per heavy atom. The van der Waals surface area contributed by atoms with Crippen LogP contribution in [0, 0.1) is 0 Å². The molecule has 1 atom stereocenters. The molecule has 38 heavy (non-hydrogen) atoms.